The smallest absolute Gasteiger partial charge is 0.431 e. The Balaban J connectivity index is 2.40. The fourth-order valence-electron chi connectivity index (χ4n) is 1.45. The molecule has 0 radical (unpaired) electrons. The van der Waals surface area contributed by atoms with Gasteiger partial charge in [0.1, 0.15) is 11.4 Å². The minimum Gasteiger partial charge on any atom is -0.465 e. The first kappa shape index (κ1) is 17.9. The fourth-order valence-corrected chi connectivity index (χ4v) is 1.76. The Morgan fingerprint density at radius 3 is 2.19 bits per heavy atom. The van der Waals surface area contributed by atoms with Gasteiger partial charge in [-0.3, -0.25) is 0 Å². The van der Waals surface area contributed by atoms with Crippen LogP contribution in [-0.4, -0.2) is 18.5 Å². The first-order valence-corrected chi connectivity index (χ1v) is 7.39. The molecule has 0 bridgehead atoms. The third-order valence-corrected chi connectivity index (χ3v) is 2.79. The van der Waals surface area contributed by atoms with Crippen LogP contribution in [0.3, 0.4) is 0 Å². The van der Waals surface area contributed by atoms with Crippen molar-refractivity contribution in [3.05, 3.63) is 29.3 Å². The standard InChI is InChI=1S/C14H19Cl2NO4/c1-14(2,3)21-13(18)17-20-9-19-12-5-10(7-15)4-11(6-12)8-16/h4-6H,7-9H2,1-3H3,(H,17,18). The summed E-state index contributed by atoms with van der Waals surface area (Å²) in [5.41, 5.74) is 3.33. The van der Waals surface area contributed by atoms with E-state index >= 15 is 0 Å². The summed E-state index contributed by atoms with van der Waals surface area (Å²) < 4.78 is 10.4. The lowest BCUT2D eigenvalue weighted by Crippen LogP contribution is -2.33. The summed E-state index contributed by atoms with van der Waals surface area (Å²) in [6.45, 7) is 5.12. The van der Waals surface area contributed by atoms with Crippen LogP contribution in [0.5, 0.6) is 5.75 Å². The molecule has 0 aromatic heterocycles. The van der Waals surface area contributed by atoms with E-state index in [4.69, 9.17) is 37.5 Å². The van der Waals surface area contributed by atoms with E-state index < -0.39 is 11.7 Å². The van der Waals surface area contributed by atoms with Crippen molar-refractivity contribution in [3.8, 4) is 5.75 Å². The number of carbonyl (C=O) groups is 1. The van der Waals surface area contributed by atoms with Crippen molar-refractivity contribution in [1.29, 1.82) is 0 Å². The van der Waals surface area contributed by atoms with Crippen molar-refractivity contribution in [2.75, 3.05) is 6.79 Å². The first-order valence-electron chi connectivity index (χ1n) is 6.32. The van der Waals surface area contributed by atoms with Gasteiger partial charge in [0.2, 0.25) is 6.79 Å². The van der Waals surface area contributed by atoms with Crippen LogP contribution >= 0.6 is 23.2 Å². The number of amides is 1. The molecule has 0 unspecified atom stereocenters. The van der Waals surface area contributed by atoms with E-state index in [1.807, 2.05) is 6.07 Å². The molecule has 0 saturated heterocycles. The Kier molecular flexibility index (Phi) is 7.08. The van der Waals surface area contributed by atoms with Crippen molar-refractivity contribution in [2.45, 2.75) is 38.1 Å². The van der Waals surface area contributed by atoms with Gasteiger partial charge in [0.05, 0.1) is 0 Å². The van der Waals surface area contributed by atoms with Gasteiger partial charge in [-0.15, -0.1) is 23.2 Å². The normalized spacial score (nSPS) is 11.1. The number of hydrogen-bond acceptors (Lipinski definition) is 4. The molecule has 0 heterocycles. The first-order chi connectivity index (χ1) is 9.84. The highest BCUT2D eigenvalue weighted by molar-refractivity contribution is 6.17. The Hall–Kier alpha value is -1.17. The molecule has 1 aromatic carbocycles. The maximum Gasteiger partial charge on any atom is 0.431 e. The summed E-state index contributed by atoms with van der Waals surface area (Å²) in [7, 11) is 0. The van der Waals surface area contributed by atoms with Gasteiger partial charge in [-0.2, -0.15) is 5.48 Å². The number of rotatable bonds is 6. The highest BCUT2D eigenvalue weighted by Gasteiger charge is 2.15. The predicted molar refractivity (Wildman–Crippen MR) is 81.5 cm³/mol. The van der Waals surface area contributed by atoms with E-state index in [9.17, 15) is 4.79 Å². The molecule has 0 aliphatic carbocycles. The molecule has 0 aliphatic rings. The molecule has 1 rings (SSSR count). The van der Waals surface area contributed by atoms with Crippen LogP contribution < -0.4 is 10.2 Å². The number of benzene rings is 1. The Morgan fingerprint density at radius 2 is 1.71 bits per heavy atom. The zero-order valence-electron chi connectivity index (χ0n) is 12.2. The number of halogens is 2. The van der Waals surface area contributed by atoms with Crippen molar-refractivity contribution in [1.82, 2.24) is 5.48 Å². The van der Waals surface area contributed by atoms with Crippen LogP contribution in [0.4, 0.5) is 4.79 Å². The molecule has 1 N–H and O–H groups in total. The Morgan fingerprint density at radius 1 is 1.14 bits per heavy atom. The van der Waals surface area contributed by atoms with Gasteiger partial charge in [0.15, 0.2) is 0 Å². The fraction of sp³-hybridized carbons (Fsp3) is 0.500. The summed E-state index contributed by atoms with van der Waals surface area (Å²) in [5, 5.41) is 0. The van der Waals surface area contributed by atoms with Crippen molar-refractivity contribution < 1.29 is 19.1 Å². The second kappa shape index (κ2) is 8.32. The van der Waals surface area contributed by atoms with Gasteiger partial charge >= 0.3 is 6.09 Å². The van der Waals surface area contributed by atoms with Crippen LogP contribution in [0.15, 0.2) is 18.2 Å². The van der Waals surface area contributed by atoms with Gasteiger partial charge in [-0.05, 0) is 44.0 Å². The molecule has 0 spiro atoms. The van der Waals surface area contributed by atoms with Crippen LogP contribution in [0.2, 0.25) is 0 Å². The molecular weight excluding hydrogens is 317 g/mol. The lowest BCUT2D eigenvalue weighted by atomic mass is 10.1. The lowest BCUT2D eigenvalue weighted by molar-refractivity contribution is -0.0568. The molecule has 118 valence electrons. The Labute approximate surface area is 134 Å². The average Bonchev–Trinajstić information content (AvgIpc) is 2.41. The zero-order chi connectivity index (χ0) is 15.9. The molecule has 5 nitrogen and oxygen atoms in total. The third-order valence-electron chi connectivity index (χ3n) is 2.17. The molecule has 21 heavy (non-hydrogen) atoms. The maximum atomic E-state index is 11.3. The summed E-state index contributed by atoms with van der Waals surface area (Å²) in [4.78, 5) is 16.2. The number of hydroxylamine groups is 1. The van der Waals surface area contributed by atoms with Crippen LogP contribution in [-0.2, 0) is 21.3 Å². The number of nitrogens with one attached hydrogen (secondary N) is 1. The van der Waals surface area contributed by atoms with Crippen molar-refractivity contribution in [3.63, 3.8) is 0 Å². The number of carbonyl (C=O) groups excluding carboxylic acids is 1. The molecule has 0 atom stereocenters. The molecule has 1 amide bonds. The van der Waals surface area contributed by atoms with Gasteiger partial charge in [-0.1, -0.05) is 6.07 Å². The van der Waals surface area contributed by atoms with E-state index in [2.05, 4.69) is 5.48 Å². The van der Waals surface area contributed by atoms with E-state index in [0.29, 0.717) is 17.5 Å². The number of alkyl halides is 2. The second-order valence-electron chi connectivity index (χ2n) is 5.26. The van der Waals surface area contributed by atoms with Crippen LogP contribution in [0.25, 0.3) is 0 Å². The summed E-state index contributed by atoms with van der Waals surface area (Å²) >= 11 is 11.6. The highest BCUT2D eigenvalue weighted by Crippen LogP contribution is 2.20. The third kappa shape index (κ3) is 7.41. The molecule has 7 heteroatoms. The maximum absolute atomic E-state index is 11.3. The predicted octanol–water partition coefficient (Wildman–Crippen LogP) is 3.96. The topological polar surface area (TPSA) is 56.8 Å². The minimum absolute atomic E-state index is 0.160. The van der Waals surface area contributed by atoms with Gasteiger partial charge < -0.3 is 9.47 Å². The number of hydrogen-bond donors (Lipinski definition) is 1. The van der Waals surface area contributed by atoms with Crippen molar-refractivity contribution >= 4 is 29.3 Å². The molecule has 0 saturated carbocycles. The SMILES string of the molecule is CC(C)(C)OC(=O)NOCOc1cc(CCl)cc(CCl)c1. The zero-order valence-corrected chi connectivity index (χ0v) is 13.8. The van der Waals surface area contributed by atoms with E-state index in [-0.39, 0.29) is 6.79 Å². The van der Waals surface area contributed by atoms with Gasteiger partial charge in [0.25, 0.3) is 0 Å². The largest absolute Gasteiger partial charge is 0.465 e. The lowest BCUT2D eigenvalue weighted by Gasteiger charge is -2.19. The summed E-state index contributed by atoms with van der Waals surface area (Å²) in [6, 6.07) is 5.45. The van der Waals surface area contributed by atoms with E-state index in [0.717, 1.165) is 11.1 Å². The van der Waals surface area contributed by atoms with Crippen LogP contribution in [0, 0.1) is 0 Å². The molecular formula is C14H19Cl2NO4. The molecule has 0 aliphatic heterocycles. The number of ether oxygens (including phenoxy) is 2. The van der Waals surface area contributed by atoms with Gasteiger partial charge in [-0.25, -0.2) is 9.63 Å². The Bertz CT molecular complexity index is 452. The minimum atomic E-state index is -0.679. The van der Waals surface area contributed by atoms with Crippen LogP contribution in [0.1, 0.15) is 31.9 Å². The highest BCUT2D eigenvalue weighted by atomic mass is 35.5. The van der Waals surface area contributed by atoms with Crippen molar-refractivity contribution in [2.24, 2.45) is 0 Å². The molecule has 1 aromatic rings. The van der Waals surface area contributed by atoms with Gasteiger partial charge in [0, 0.05) is 11.8 Å². The van der Waals surface area contributed by atoms with E-state index in [1.165, 1.54) is 0 Å². The monoisotopic (exact) mass is 335 g/mol. The second-order valence-corrected chi connectivity index (χ2v) is 5.80. The van der Waals surface area contributed by atoms with E-state index in [1.54, 1.807) is 32.9 Å². The molecule has 0 fully saturated rings. The summed E-state index contributed by atoms with van der Waals surface area (Å²) in [6.07, 6.45) is -0.679. The quantitative estimate of drug-likeness (QED) is 0.370. The average molecular weight is 336 g/mol. The summed E-state index contributed by atoms with van der Waals surface area (Å²) in [5.74, 6) is 1.28.